The minimum atomic E-state index is -3.70. The lowest BCUT2D eigenvalue weighted by Crippen LogP contribution is -2.58. The maximum absolute atomic E-state index is 11.9. The largest absolute Gasteiger partial charge is 0.410 e. The molecular weight excluding hydrogens is 368 g/mol. The number of hydrogen-bond donors (Lipinski definition) is 1. The smallest absolute Gasteiger partial charge is 0.264 e. The first-order chi connectivity index (χ1) is 11.7. The molecule has 150 valence electrons. The number of allylic oxidation sites excluding steroid dienone is 2. The van der Waals surface area contributed by atoms with Crippen LogP contribution in [0.1, 0.15) is 40.5 Å². The summed E-state index contributed by atoms with van der Waals surface area (Å²) in [5.74, 6) is 0.217. The van der Waals surface area contributed by atoms with E-state index in [2.05, 4.69) is 46.9 Å². The van der Waals surface area contributed by atoms with Crippen molar-refractivity contribution in [3.8, 4) is 0 Å². The average Bonchev–Trinajstić information content (AvgIpc) is 2.62. The van der Waals surface area contributed by atoms with Crippen molar-refractivity contribution in [1.29, 1.82) is 0 Å². The van der Waals surface area contributed by atoms with Crippen molar-refractivity contribution in [2.24, 2.45) is 11.8 Å². The quantitative estimate of drug-likeness (QED) is 0.574. The molecule has 26 heavy (non-hydrogen) atoms. The van der Waals surface area contributed by atoms with Gasteiger partial charge in [0.15, 0.2) is 8.32 Å². The van der Waals surface area contributed by atoms with E-state index >= 15 is 0 Å². The van der Waals surface area contributed by atoms with E-state index in [9.17, 15) is 13.5 Å². The molecule has 0 aromatic rings. The lowest BCUT2D eigenvalue weighted by Gasteiger charge is -2.46. The summed E-state index contributed by atoms with van der Waals surface area (Å²) in [5.41, 5.74) is -1.49. The average molecular weight is 403 g/mol. The Bertz CT molecular complexity index is 677. The number of rotatable bonds is 4. The Labute approximate surface area is 159 Å². The number of fused-ring (bicyclic) bond motifs is 2. The van der Waals surface area contributed by atoms with Gasteiger partial charge in [-0.05, 0) is 43.0 Å². The van der Waals surface area contributed by atoms with E-state index in [0.717, 1.165) is 12.7 Å². The molecule has 0 aromatic carbocycles. The predicted molar refractivity (Wildman–Crippen MR) is 107 cm³/mol. The highest BCUT2D eigenvalue weighted by molar-refractivity contribution is 7.86. The van der Waals surface area contributed by atoms with Crippen LogP contribution in [0.2, 0.25) is 18.1 Å². The normalized spacial score (nSPS) is 35.8. The second-order valence-corrected chi connectivity index (χ2v) is 15.8. The minimum absolute atomic E-state index is 0.00675. The molecule has 5 atom stereocenters. The molecule has 2 bridgehead atoms. The molecule has 0 heterocycles. The van der Waals surface area contributed by atoms with Crippen LogP contribution in [-0.2, 0) is 18.7 Å². The van der Waals surface area contributed by atoms with Crippen LogP contribution in [0.4, 0.5) is 0 Å². The fourth-order valence-electron chi connectivity index (χ4n) is 3.57. The molecule has 2 aliphatic carbocycles. The molecule has 2 rings (SSSR count). The van der Waals surface area contributed by atoms with Crippen LogP contribution in [0, 0.1) is 11.8 Å². The van der Waals surface area contributed by atoms with Gasteiger partial charge < -0.3 is 9.53 Å². The van der Waals surface area contributed by atoms with E-state index in [0.29, 0.717) is 6.42 Å². The molecule has 0 aromatic heterocycles. The second kappa shape index (κ2) is 7.17. The number of aliphatic hydroxyl groups is 1. The molecule has 0 radical (unpaired) electrons. The van der Waals surface area contributed by atoms with Gasteiger partial charge in [0, 0.05) is 5.92 Å². The van der Waals surface area contributed by atoms with Crippen LogP contribution < -0.4 is 0 Å². The van der Waals surface area contributed by atoms with E-state index in [4.69, 9.17) is 8.61 Å². The zero-order valence-electron chi connectivity index (χ0n) is 17.0. The third-order valence-electron chi connectivity index (χ3n) is 6.00. The summed E-state index contributed by atoms with van der Waals surface area (Å²) in [6, 6.07) is 0. The fraction of sp³-hybridized carbons (Fsp3) is 0.789. The van der Waals surface area contributed by atoms with Crippen molar-refractivity contribution in [3.63, 3.8) is 0 Å². The Balaban J connectivity index is 2.52. The van der Waals surface area contributed by atoms with Crippen LogP contribution in [0.25, 0.3) is 0 Å². The Morgan fingerprint density at radius 3 is 2.35 bits per heavy atom. The Morgan fingerprint density at radius 1 is 1.19 bits per heavy atom. The van der Waals surface area contributed by atoms with Gasteiger partial charge >= 0.3 is 0 Å². The standard InChI is InChI=1S/C19H34O5SSi/c1-14-12-15-10-8-9-11-19(20,16(13-14)23-25(5,21)22)17(15)24-26(6,7)18(2,3)4/h8-11,14-17,20H,12-13H2,1-7H3/t14-,15-,16-,17-,19-/m1/s1. The SMILES string of the molecule is C[C@@H]1C[C@H]2C=CC=C[C@](O)([C@@H]2O[Si](C)(C)C(C)(C)C)[C@H](OS(C)(=O)=O)C1. The maximum atomic E-state index is 11.9. The fourth-order valence-corrected chi connectivity index (χ4v) is 5.57. The molecule has 5 nitrogen and oxygen atoms in total. The first kappa shape index (κ1) is 21.8. The molecule has 0 spiro atoms. The summed E-state index contributed by atoms with van der Waals surface area (Å²) in [6.45, 7) is 12.8. The summed E-state index contributed by atoms with van der Waals surface area (Å²) >= 11 is 0. The second-order valence-electron chi connectivity index (χ2n) is 9.46. The highest BCUT2D eigenvalue weighted by atomic mass is 32.2. The Kier molecular flexibility index (Phi) is 6.01. The molecule has 1 N–H and O–H groups in total. The monoisotopic (exact) mass is 402 g/mol. The molecular formula is C19H34O5SSi. The third kappa shape index (κ3) is 4.68. The highest BCUT2D eigenvalue weighted by Crippen LogP contribution is 2.45. The Morgan fingerprint density at radius 2 is 1.81 bits per heavy atom. The van der Waals surface area contributed by atoms with Gasteiger partial charge in [0.2, 0.25) is 0 Å². The van der Waals surface area contributed by atoms with Crippen molar-refractivity contribution in [2.45, 2.75) is 76.5 Å². The topological polar surface area (TPSA) is 72.8 Å². The molecule has 0 aliphatic heterocycles. The molecule has 2 aliphatic rings. The van der Waals surface area contributed by atoms with Gasteiger partial charge in [0.25, 0.3) is 10.1 Å². The summed E-state index contributed by atoms with van der Waals surface area (Å²) in [6.07, 6.45) is 8.36. The minimum Gasteiger partial charge on any atom is -0.410 e. The van der Waals surface area contributed by atoms with Gasteiger partial charge in [0.05, 0.1) is 12.4 Å². The number of hydrogen-bond acceptors (Lipinski definition) is 5. The van der Waals surface area contributed by atoms with Gasteiger partial charge in [0.1, 0.15) is 11.7 Å². The summed E-state index contributed by atoms with van der Waals surface area (Å²) in [4.78, 5) is 0. The van der Waals surface area contributed by atoms with Gasteiger partial charge in [-0.2, -0.15) is 8.42 Å². The van der Waals surface area contributed by atoms with E-state index in [1.807, 2.05) is 6.08 Å². The first-order valence-electron chi connectivity index (χ1n) is 9.30. The van der Waals surface area contributed by atoms with Crippen LogP contribution in [0.15, 0.2) is 24.3 Å². The van der Waals surface area contributed by atoms with E-state index in [-0.39, 0.29) is 16.9 Å². The lowest BCUT2D eigenvalue weighted by molar-refractivity contribution is -0.104. The van der Waals surface area contributed by atoms with Crippen LogP contribution in [0.3, 0.4) is 0 Å². The zero-order chi connectivity index (χ0) is 20.0. The highest BCUT2D eigenvalue weighted by Gasteiger charge is 2.54. The summed E-state index contributed by atoms with van der Waals surface area (Å²) < 4.78 is 35.8. The Hall–Kier alpha value is -0.473. The van der Waals surface area contributed by atoms with Gasteiger partial charge in [-0.1, -0.05) is 45.9 Å². The third-order valence-corrected chi connectivity index (χ3v) is 11.0. The van der Waals surface area contributed by atoms with Crippen molar-refractivity contribution in [1.82, 2.24) is 0 Å². The van der Waals surface area contributed by atoms with Crippen LogP contribution in [-0.4, -0.2) is 45.9 Å². The molecule has 1 fully saturated rings. The van der Waals surface area contributed by atoms with Gasteiger partial charge in [-0.25, -0.2) is 0 Å². The molecule has 0 amide bonds. The predicted octanol–water partition coefficient (Wildman–Crippen LogP) is 3.62. The van der Waals surface area contributed by atoms with Crippen LogP contribution >= 0.6 is 0 Å². The van der Waals surface area contributed by atoms with E-state index < -0.39 is 36.2 Å². The van der Waals surface area contributed by atoms with Crippen molar-refractivity contribution in [2.75, 3.05) is 6.26 Å². The molecule has 1 saturated carbocycles. The van der Waals surface area contributed by atoms with Gasteiger partial charge in [-0.3, -0.25) is 4.18 Å². The van der Waals surface area contributed by atoms with E-state index in [1.54, 1.807) is 12.2 Å². The summed E-state index contributed by atoms with van der Waals surface area (Å²) in [7, 11) is -5.90. The summed E-state index contributed by atoms with van der Waals surface area (Å²) in [5, 5.41) is 11.6. The lowest BCUT2D eigenvalue weighted by atomic mass is 9.85. The maximum Gasteiger partial charge on any atom is 0.264 e. The molecule has 0 saturated heterocycles. The van der Waals surface area contributed by atoms with Gasteiger partial charge in [-0.15, -0.1) is 0 Å². The van der Waals surface area contributed by atoms with Crippen molar-refractivity contribution >= 4 is 18.4 Å². The first-order valence-corrected chi connectivity index (χ1v) is 14.0. The molecule has 0 unspecified atom stereocenters. The van der Waals surface area contributed by atoms with Crippen LogP contribution in [0.5, 0.6) is 0 Å². The van der Waals surface area contributed by atoms with Crippen molar-refractivity contribution in [3.05, 3.63) is 24.3 Å². The zero-order valence-corrected chi connectivity index (χ0v) is 18.8. The van der Waals surface area contributed by atoms with E-state index in [1.165, 1.54) is 0 Å². The molecule has 7 heteroatoms. The van der Waals surface area contributed by atoms with Crippen molar-refractivity contribution < 1.29 is 22.1 Å².